The van der Waals surface area contributed by atoms with E-state index < -0.39 is 11.0 Å². The molecule has 0 aromatic rings. The number of rotatable bonds is 1. The summed E-state index contributed by atoms with van der Waals surface area (Å²) in [4.78, 5) is 27.1. The summed E-state index contributed by atoms with van der Waals surface area (Å²) in [6, 6.07) is -0.309. The van der Waals surface area contributed by atoms with Crippen molar-refractivity contribution in [3.05, 3.63) is 0 Å². The van der Waals surface area contributed by atoms with Gasteiger partial charge in [-0.15, -0.1) is 0 Å². The minimum absolute atomic E-state index is 0.186. The van der Waals surface area contributed by atoms with Gasteiger partial charge >= 0.3 is 110 Å². The Morgan fingerprint density at radius 2 is 1.76 bits per heavy atom. The van der Waals surface area contributed by atoms with Crippen LogP contribution in [-0.2, 0) is 20.1 Å². The molecule has 4 nitrogen and oxygen atoms in total. The van der Waals surface area contributed by atoms with Crippen molar-refractivity contribution >= 4 is 16.5 Å². The molecule has 1 unspecified atom stereocenters. The number of urea groups is 1. The molecule has 99 valence electrons. The number of carbonyl (C=O) groups is 2. The molecule has 0 aromatic heterocycles. The van der Waals surface area contributed by atoms with Gasteiger partial charge in [-0.3, -0.25) is 0 Å². The molecule has 1 aliphatic rings. The molecular weight excluding hydrogens is 263 g/mol. The Morgan fingerprint density at radius 1 is 1.29 bits per heavy atom. The molecule has 0 N–H and O–H groups in total. The van der Waals surface area contributed by atoms with Gasteiger partial charge in [0, 0.05) is 0 Å². The van der Waals surface area contributed by atoms with Gasteiger partial charge in [0.1, 0.15) is 0 Å². The first-order valence-electron chi connectivity index (χ1n) is 5.70. The SMILES string of the molecule is CCC1(C)C(=O)N(C)C(=O)N(C(C)(C)C)[C]1=[Co]. The first kappa shape index (κ1) is 14.4. The second-order valence-corrected chi connectivity index (χ2v) is 6.10. The van der Waals surface area contributed by atoms with Crippen molar-refractivity contribution in [1.82, 2.24) is 9.80 Å². The van der Waals surface area contributed by atoms with Crippen LogP contribution in [0.25, 0.3) is 0 Å². The molecule has 1 atom stereocenters. The van der Waals surface area contributed by atoms with Gasteiger partial charge in [-0.1, -0.05) is 0 Å². The number of carbonyl (C=O) groups excluding carboxylic acids is 2. The zero-order valence-corrected chi connectivity index (χ0v) is 12.3. The van der Waals surface area contributed by atoms with Crippen LogP contribution in [0.1, 0.15) is 41.0 Å². The zero-order chi connectivity index (χ0) is 13.6. The molecule has 0 aliphatic carbocycles. The third-order valence-electron chi connectivity index (χ3n) is 3.25. The monoisotopic (exact) mass is 283 g/mol. The molecule has 0 saturated carbocycles. The quantitative estimate of drug-likeness (QED) is 0.736. The molecule has 1 rings (SSSR count). The van der Waals surface area contributed by atoms with Crippen molar-refractivity contribution in [2.24, 2.45) is 5.41 Å². The normalized spacial score (nSPS) is 26.9. The van der Waals surface area contributed by atoms with Crippen LogP contribution in [0.5, 0.6) is 0 Å². The molecule has 0 spiro atoms. The number of hydrogen-bond acceptors (Lipinski definition) is 2. The van der Waals surface area contributed by atoms with E-state index in [-0.39, 0.29) is 11.9 Å². The van der Waals surface area contributed by atoms with Crippen LogP contribution in [-0.4, -0.2) is 38.9 Å². The minimum atomic E-state index is -0.712. The fourth-order valence-electron chi connectivity index (χ4n) is 1.87. The van der Waals surface area contributed by atoms with Crippen LogP contribution in [0.3, 0.4) is 0 Å². The Morgan fingerprint density at radius 3 is 2.12 bits per heavy atom. The predicted octanol–water partition coefficient (Wildman–Crippen LogP) is 1.77. The van der Waals surface area contributed by atoms with Crippen LogP contribution < -0.4 is 0 Å². The van der Waals surface area contributed by atoms with E-state index in [4.69, 9.17) is 0 Å². The summed E-state index contributed by atoms with van der Waals surface area (Å²) in [5.41, 5.74) is -1.10. The molecule has 1 saturated heterocycles. The Bertz CT molecular complexity index is 386. The molecule has 17 heavy (non-hydrogen) atoms. The van der Waals surface area contributed by atoms with E-state index in [1.807, 2.05) is 34.6 Å². The molecular formula is C12H20CoN2O2. The summed E-state index contributed by atoms with van der Waals surface area (Å²) in [6.07, 6.45) is 0.618. The van der Waals surface area contributed by atoms with Gasteiger partial charge in [0.15, 0.2) is 0 Å². The van der Waals surface area contributed by atoms with Crippen molar-refractivity contribution in [3.8, 4) is 0 Å². The number of nitrogens with zero attached hydrogens (tertiary/aromatic N) is 2. The average molecular weight is 283 g/mol. The van der Waals surface area contributed by atoms with Gasteiger partial charge in [0.05, 0.1) is 0 Å². The van der Waals surface area contributed by atoms with Crippen molar-refractivity contribution in [2.45, 2.75) is 46.6 Å². The Kier molecular flexibility index (Phi) is 3.56. The number of amides is 3. The second-order valence-electron chi connectivity index (χ2n) is 5.61. The van der Waals surface area contributed by atoms with E-state index in [0.29, 0.717) is 11.0 Å². The second kappa shape index (κ2) is 4.21. The summed E-state index contributed by atoms with van der Waals surface area (Å²) in [7, 11) is 1.52. The van der Waals surface area contributed by atoms with Crippen LogP contribution in [0, 0.1) is 5.41 Å². The van der Waals surface area contributed by atoms with E-state index in [0.717, 1.165) is 0 Å². The fraction of sp³-hybridized carbons (Fsp3) is 0.750. The molecule has 1 heterocycles. The molecule has 1 fully saturated rings. The Hall–Kier alpha value is -0.684. The van der Waals surface area contributed by atoms with Crippen LogP contribution in [0.4, 0.5) is 4.79 Å². The number of hydrogen-bond donors (Lipinski definition) is 0. The van der Waals surface area contributed by atoms with Crippen molar-refractivity contribution in [1.29, 1.82) is 0 Å². The maximum atomic E-state index is 12.2. The predicted molar refractivity (Wildman–Crippen MR) is 63.2 cm³/mol. The van der Waals surface area contributed by atoms with E-state index in [1.54, 1.807) is 4.90 Å². The maximum absolute atomic E-state index is 12.2. The number of imide groups is 1. The third-order valence-corrected chi connectivity index (χ3v) is 4.06. The van der Waals surface area contributed by atoms with E-state index in [2.05, 4.69) is 15.3 Å². The fourth-order valence-corrected chi connectivity index (χ4v) is 2.62. The van der Waals surface area contributed by atoms with Gasteiger partial charge in [-0.2, -0.15) is 0 Å². The summed E-state index contributed by atoms with van der Waals surface area (Å²) < 4.78 is 0.535. The molecule has 3 amide bonds. The summed E-state index contributed by atoms with van der Waals surface area (Å²) in [6.45, 7) is 9.55. The van der Waals surface area contributed by atoms with Gasteiger partial charge < -0.3 is 0 Å². The topological polar surface area (TPSA) is 40.6 Å². The van der Waals surface area contributed by atoms with Crippen molar-refractivity contribution in [2.75, 3.05) is 7.05 Å². The van der Waals surface area contributed by atoms with Gasteiger partial charge in [-0.05, 0) is 0 Å². The molecule has 0 radical (unpaired) electrons. The van der Waals surface area contributed by atoms with Gasteiger partial charge in [0.2, 0.25) is 0 Å². The first-order valence-corrected chi connectivity index (χ1v) is 6.22. The molecule has 5 heteroatoms. The molecule has 0 aromatic carbocycles. The average Bonchev–Trinajstić information content (AvgIpc) is 2.22. The zero-order valence-electron chi connectivity index (χ0n) is 11.3. The molecule has 1 aliphatic heterocycles. The molecule has 0 bridgehead atoms. The Labute approximate surface area is 110 Å². The summed E-state index contributed by atoms with van der Waals surface area (Å²) >= 11 is 4.50. The standard InChI is InChI=1S/C12H20N2O2.Co/c1-7-12(5)8-14(11(2,3)4)10(16)13(6)9(12)15;/h7H2,1-6H3;. The van der Waals surface area contributed by atoms with Crippen LogP contribution in [0.15, 0.2) is 0 Å². The third kappa shape index (κ3) is 2.06. The van der Waals surface area contributed by atoms with Crippen molar-refractivity contribution in [3.63, 3.8) is 0 Å². The van der Waals surface area contributed by atoms with Gasteiger partial charge in [0.25, 0.3) is 0 Å². The summed E-state index contributed by atoms with van der Waals surface area (Å²) in [5.74, 6) is -0.186. The van der Waals surface area contributed by atoms with Crippen LogP contribution >= 0.6 is 0 Å². The first-order chi connectivity index (χ1) is 7.57. The van der Waals surface area contributed by atoms with E-state index >= 15 is 0 Å². The van der Waals surface area contributed by atoms with E-state index in [1.165, 1.54) is 11.9 Å². The van der Waals surface area contributed by atoms with E-state index in [9.17, 15) is 9.59 Å². The van der Waals surface area contributed by atoms with Crippen LogP contribution in [0.2, 0.25) is 0 Å². The van der Waals surface area contributed by atoms with Crippen molar-refractivity contribution < 1.29 is 24.9 Å². The van der Waals surface area contributed by atoms with Gasteiger partial charge in [-0.25, -0.2) is 0 Å². The Balaban J connectivity index is 3.32. The summed E-state index contributed by atoms with van der Waals surface area (Å²) in [5, 5.41) is 0.